The van der Waals surface area contributed by atoms with E-state index in [-0.39, 0.29) is 17.9 Å². The Morgan fingerprint density at radius 1 is 1.06 bits per heavy atom. The fourth-order valence-electron chi connectivity index (χ4n) is 3.83. The van der Waals surface area contributed by atoms with Crippen LogP contribution in [0.1, 0.15) is 39.1 Å². The van der Waals surface area contributed by atoms with Crippen molar-refractivity contribution in [3.63, 3.8) is 0 Å². The van der Waals surface area contributed by atoms with Crippen molar-refractivity contribution >= 4 is 34.6 Å². The number of hydrogen-bond acceptors (Lipinski definition) is 7. The predicted molar refractivity (Wildman–Crippen MR) is 131 cm³/mol. The van der Waals surface area contributed by atoms with E-state index >= 15 is 0 Å². The number of amides is 3. The number of methoxy groups -OCH3 is 2. The van der Waals surface area contributed by atoms with Gasteiger partial charge in [-0.3, -0.25) is 4.79 Å². The van der Waals surface area contributed by atoms with Crippen LogP contribution in [-0.2, 0) is 0 Å². The molecule has 1 fully saturated rings. The van der Waals surface area contributed by atoms with E-state index in [1.807, 2.05) is 31.2 Å². The number of urea groups is 1. The third-order valence-corrected chi connectivity index (χ3v) is 6.77. The number of nitrogens with zero attached hydrogens (tertiary/aromatic N) is 3. The van der Waals surface area contributed by atoms with Crippen LogP contribution < -0.4 is 20.1 Å². The monoisotopic (exact) mass is 481 g/mol. The first-order valence-corrected chi connectivity index (χ1v) is 11.8. The molecule has 178 valence electrons. The maximum absolute atomic E-state index is 12.9. The number of rotatable bonds is 6. The van der Waals surface area contributed by atoms with Gasteiger partial charge in [-0.1, -0.05) is 29.5 Å². The molecule has 0 bridgehead atoms. The van der Waals surface area contributed by atoms with Gasteiger partial charge in [0.15, 0.2) is 0 Å². The zero-order valence-corrected chi connectivity index (χ0v) is 20.1. The predicted octanol–water partition coefficient (Wildman–Crippen LogP) is 4.53. The van der Waals surface area contributed by atoms with Crippen LogP contribution in [-0.4, -0.2) is 54.3 Å². The van der Waals surface area contributed by atoms with Gasteiger partial charge in [-0.2, -0.15) is 0 Å². The lowest BCUT2D eigenvalue weighted by molar-refractivity contribution is 0.102. The Kier molecular flexibility index (Phi) is 7.27. The maximum Gasteiger partial charge on any atom is 0.321 e. The van der Waals surface area contributed by atoms with Gasteiger partial charge in [0.25, 0.3) is 5.91 Å². The van der Waals surface area contributed by atoms with Crippen molar-refractivity contribution in [2.75, 3.05) is 37.9 Å². The summed E-state index contributed by atoms with van der Waals surface area (Å²) in [5.74, 6) is 0.931. The van der Waals surface area contributed by atoms with Crippen molar-refractivity contribution in [1.82, 2.24) is 15.1 Å². The number of ether oxygens (including phenoxy) is 2. The molecule has 4 rings (SSSR count). The van der Waals surface area contributed by atoms with Crippen LogP contribution >= 0.6 is 11.3 Å². The highest BCUT2D eigenvalue weighted by molar-refractivity contribution is 7.13. The Labute approximate surface area is 202 Å². The largest absolute Gasteiger partial charge is 0.497 e. The van der Waals surface area contributed by atoms with Crippen LogP contribution in [0, 0.1) is 6.92 Å². The molecule has 0 saturated carbocycles. The van der Waals surface area contributed by atoms with E-state index < -0.39 is 0 Å². The molecule has 34 heavy (non-hydrogen) atoms. The fraction of sp³-hybridized carbons (Fsp3) is 0.333. The van der Waals surface area contributed by atoms with Gasteiger partial charge in [0.1, 0.15) is 16.5 Å². The van der Waals surface area contributed by atoms with Gasteiger partial charge in [-0.15, -0.1) is 10.2 Å². The molecule has 1 saturated heterocycles. The minimum atomic E-state index is -0.282. The molecule has 1 aliphatic rings. The molecule has 1 aromatic heterocycles. The third kappa shape index (κ3) is 5.45. The number of para-hydroxylation sites is 1. The zero-order valence-electron chi connectivity index (χ0n) is 19.3. The summed E-state index contributed by atoms with van der Waals surface area (Å²) in [5.41, 5.74) is 2.32. The summed E-state index contributed by atoms with van der Waals surface area (Å²) in [6.07, 6.45) is 1.72. The summed E-state index contributed by atoms with van der Waals surface area (Å²) in [7, 11) is 3.13. The van der Waals surface area contributed by atoms with Gasteiger partial charge in [0, 0.05) is 48.6 Å². The van der Waals surface area contributed by atoms with Crippen LogP contribution in [0.5, 0.6) is 11.5 Å². The molecule has 0 spiro atoms. The van der Waals surface area contributed by atoms with Gasteiger partial charge in [-0.05, 0) is 31.4 Å². The number of likely N-dealkylation sites (tertiary alicyclic amines) is 1. The van der Waals surface area contributed by atoms with Crippen LogP contribution in [0.4, 0.5) is 16.2 Å². The van der Waals surface area contributed by atoms with Crippen molar-refractivity contribution in [3.05, 3.63) is 58.0 Å². The SMILES string of the molecule is COc1cc(NC(=O)N2CCC[C@@H](c3nnc(C(=O)Nc4ccccc4C)s3)C2)cc(OC)c1. The minimum absolute atomic E-state index is 0.0249. The number of nitrogens with one attached hydrogen (secondary N) is 2. The highest BCUT2D eigenvalue weighted by atomic mass is 32.1. The molecule has 2 N–H and O–H groups in total. The van der Waals surface area contributed by atoms with Crippen molar-refractivity contribution in [2.24, 2.45) is 0 Å². The summed E-state index contributed by atoms with van der Waals surface area (Å²) < 4.78 is 10.5. The highest BCUT2D eigenvalue weighted by Crippen LogP contribution is 2.31. The first-order chi connectivity index (χ1) is 16.5. The van der Waals surface area contributed by atoms with Gasteiger partial charge in [0.05, 0.1) is 14.2 Å². The number of aromatic nitrogens is 2. The Morgan fingerprint density at radius 2 is 1.79 bits per heavy atom. The maximum atomic E-state index is 12.9. The number of aryl methyl sites for hydroxylation is 1. The number of benzene rings is 2. The van der Waals surface area contributed by atoms with E-state index in [1.54, 1.807) is 37.3 Å². The molecule has 10 heteroatoms. The molecule has 0 radical (unpaired) electrons. The standard InChI is InChI=1S/C24H27N5O4S/c1-15-7-4-5-9-20(15)26-21(30)23-28-27-22(34-23)16-8-6-10-29(14-16)24(31)25-17-11-18(32-2)13-19(12-17)33-3/h4-5,7,9,11-13,16H,6,8,10,14H2,1-3H3,(H,25,31)(H,26,30)/t16-/m1/s1. The van der Waals surface area contributed by atoms with Crippen molar-refractivity contribution in [3.8, 4) is 11.5 Å². The average Bonchev–Trinajstić information content (AvgIpc) is 3.36. The van der Waals surface area contributed by atoms with E-state index in [0.29, 0.717) is 35.3 Å². The first-order valence-electron chi connectivity index (χ1n) is 11.0. The minimum Gasteiger partial charge on any atom is -0.497 e. The summed E-state index contributed by atoms with van der Waals surface area (Å²) in [4.78, 5) is 27.3. The topological polar surface area (TPSA) is 106 Å². The van der Waals surface area contributed by atoms with Crippen LogP contribution in [0.15, 0.2) is 42.5 Å². The van der Waals surface area contributed by atoms with Gasteiger partial charge in [0.2, 0.25) is 5.01 Å². The van der Waals surface area contributed by atoms with Crippen LogP contribution in [0.3, 0.4) is 0 Å². The molecule has 1 atom stereocenters. The fourth-order valence-corrected chi connectivity index (χ4v) is 4.69. The third-order valence-electron chi connectivity index (χ3n) is 5.69. The summed E-state index contributed by atoms with van der Waals surface area (Å²) in [5, 5.41) is 15.2. The number of carbonyl (C=O) groups excluding carboxylic acids is 2. The molecule has 3 aromatic rings. The quantitative estimate of drug-likeness (QED) is 0.536. The Bertz CT molecular complexity index is 1160. The van der Waals surface area contributed by atoms with E-state index in [4.69, 9.17) is 9.47 Å². The van der Waals surface area contributed by atoms with Crippen molar-refractivity contribution in [1.29, 1.82) is 0 Å². The van der Waals surface area contributed by atoms with Crippen LogP contribution in [0.25, 0.3) is 0 Å². The van der Waals surface area contributed by atoms with Gasteiger partial charge < -0.3 is 25.0 Å². The normalized spacial score (nSPS) is 15.5. The smallest absolute Gasteiger partial charge is 0.321 e. The number of hydrogen-bond donors (Lipinski definition) is 2. The molecule has 2 heterocycles. The Balaban J connectivity index is 1.40. The van der Waals surface area contributed by atoms with Crippen LogP contribution in [0.2, 0.25) is 0 Å². The second-order valence-corrected chi connectivity index (χ2v) is 9.04. The molecule has 9 nitrogen and oxygen atoms in total. The molecule has 2 aromatic carbocycles. The number of anilines is 2. The average molecular weight is 482 g/mol. The summed E-state index contributed by atoms with van der Waals surface area (Å²) >= 11 is 1.27. The molecule has 1 aliphatic heterocycles. The second-order valence-electron chi connectivity index (χ2n) is 8.03. The van der Waals surface area contributed by atoms with E-state index in [0.717, 1.165) is 29.1 Å². The first kappa shape index (κ1) is 23.5. The van der Waals surface area contributed by atoms with Crippen molar-refractivity contribution < 1.29 is 19.1 Å². The molecule has 3 amide bonds. The van der Waals surface area contributed by atoms with E-state index in [9.17, 15) is 9.59 Å². The lowest BCUT2D eigenvalue weighted by Gasteiger charge is -2.31. The molecular weight excluding hydrogens is 454 g/mol. The van der Waals surface area contributed by atoms with Crippen molar-refractivity contribution in [2.45, 2.75) is 25.7 Å². The Hall–Kier alpha value is -3.66. The van der Waals surface area contributed by atoms with Gasteiger partial charge >= 0.3 is 6.03 Å². The highest BCUT2D eigenvalue weighted by Gasteiger charge is 2.28. The lowest BCUT2D eigenvalue weighted by atomic mass is 9.99. The Morgan fingerprint density at radius 3 is 2.50 bits per heavy atom. The summed E-state index contributed by atoms with van der Waals surface area (Å²) in [6.45, 7) is 3.08. The zero-order chi connectivity index (χ0) is 24.1. The van der Waals surface area contributed by atoms with Gasteiger partial charge in [-0.25, -0.2) is 4.79 Å². The number of carbonyl (C=O) groups is 2. The molecular formula is C24H27N5O4S. The lowest BCUT2D eigenvalue weighted by Crippen LogP contribution is -2.41. The summed E-state index contributed by atoms with van der Waals surface area (Å²) in [6, 6.07) is 12.6. The number of piperidine rings is 1. The molecule has 0 aliphatic carbocycles. The van der Waals surface area contributed by atoms with E-state index in [1.165, 1.54) is 11.3 Å². The molecule has 0 unspecified atom stereocenters. The second kappa shape index (κ2) is 10.5. The van der Waals surface area contributed by atoms with E-state index in [2.05, 4.69) is 20.8 Å².